The molecule has 0 fully saturated rings. The van der Waals surface area contributed by atoms with Gasteiger partial charge >= 0.3 is 6.36 Å². The van der Waals surface area contributed by atoms with E-state index in [1.807, 2.05) is 13.8 Å². The summed E-state index contributed by atoms with van der Waals surface area (Å²) in [5.41, 5.74) is 1.71. The summed E-state index contributed by atoms with van der Waals surface area (Å²) in [5.74, 6) is -0.448. The summed E-state index contributed by atoms with van der Waals surface area (Å²) in [6.07, 6.45) is 2.03. The second-order valence-electron chi connectivity index (χ2n) is 6.54. The molecule has 0 spiro atoms. The zero-order chi connectivity index (χ0) is 23.0. The predicted molar refractivity (Wildman–Crippen MR) is 113 cm³/mol. The highest BCUT2D eigenvalue weighted by Gasteiger charge is 2.30. The monoisotopic (exact) mass is 435 g/mol. The lowest BCUT2D eigenvalue weighted by Gasteiger charge is -2.09. The molecule has 2 rings (SSSR count). The van der Waals surface area contributed by atoms with E-state index in [-0.39, 0.29) is 11.6 Å². The first-order chi connectivity index (χ1) is 14.2. The summed E-state index contributed by atoms with van der Waals surface area (Å²) in [4.78, 5) is 0. The number of likely N-dealkylation sites (N-methyl/N-ethyl adjacent to an activating group) is 1. The van der Waals surface area contributed by atoms with E-state index in [0.29, 0.717) is 25.0 Å². The Bertz CT molecular complexity index is 623. The van der Waals surface area contributed by atoms with Gasteiger partial charge in [-0.1, -0.05) is 45.7 Å². The Labute approximate surface area is 177 Å². The van der Waals surface area contributed by atoms with E-state index in [0.717, 1.165) is 31.2 Å². The van der Waals surface area contributed by atoms with E-state index in [1.165, 1.54) is 24.3 Å². The Hall–Kier alpha value is -1.89. The normalized spacial score (nSPS) is 16.1. The lowest BCUT2D eigenvalue weighted by Crippen LogP contribution is -2.17. The number of allylic oxidation sites excluding steroid dienone is 3. The summed E-state index contributed by atoms with van der Waals surface area (Å²) >= 11 is 0. The van der Waals surface area contributed by atoms with Crippen molar-refractivity contribution in [1.29, 1.82) is 0 Å². The fraction of sp³-hybridized carbons (Fsp3) is 0.565. The lowest BCUT2D eigenvalue weighted by molar-refractivity contribution is -0.274. The number of benzene rings is 1. The van der Waals surface area contributed by atoms with Gasteiger partial charge in [0.05, 0.1) is 0 Å². The molecular weight excluding hydrogens is 401 g/mol. The molecule has 0 radical (unpaired) electrons. The minimum atomic E-state index is -4.61. The van der Waals surface area contributed by atoms with Crippen molar-refractivity contribution < 1.29 is 26.7 Å². The van der Waals surface area contributed by atoms with Gasteiger partial charge in [0, 0.05) is 6.54 Å². The summed E-state index contributed by atoms with van der Waals surface area (Å²) in [7, 11) is 1.75. The molecular formula is C23H34F5NO. The van der Waals surface area contributed by atoms with Crippen molar-refractivity contribution in [2.24, 2.45) is 0 Å². The highest BCUT2D eigenvalue weighted by atomic mass is 19.4. The average molecular weight is 436 g/mol. The first-order valence-electron chi connectivity index (χ1n) is 10.4. The van der Waals surface area contributed by atoms with Crippen LogP contribution >= 0.6 is 0 Å². The molecule has 0 heterocycles. The molecule has 1 N–H and O–H groups in total. The van der Waals surface area contributed by atoms with Crippen LogP contribution in [-0.2, 0) is 6.42 Å². The number of hydrogen-bond acceptors (Lipinski definition) is 2. The fourth-order valence-corrected chi connectivity index (χ4v) is 2.66. The van der Waals surface area contributed by atoms with Crippen LogP contribution in [0, 0.1) is 0 Å². The number of nitrogens with one attached hydrogen (secondary N) is 1. The Morgan fingerprint density at radius 1 is 1.10 bits per heavy atom. The number of alkyl halides is 4. The number of unbranched alkanes of at least 4 members (excludes halogenated alkanes) is 2. The molecule has 0 aromatic heterocycles. The first kappa shape index (κ1) is 28.1. The van der Waals surface area contributed by atoms with Crippen LogP contribution in [-0.4, -0.2) is 26.1 Å². The lowest BCUT2D eigenvalue weighted by atomic mass is 10.1. The number of halogens is 5. The maximum atomic E-state index is 13.1. The van der Waals surface area contributed by atoms with E-state index in [2.05, 4.69) is 17.0 Å². The highest BCUT2D eigenvalue weighted by Crippen LogP contribution is 2.23. The van der Waals surface area contributed by atoms with Gasteiger partial charge < -0.3 is 10.1 Å². The van der Waals surface area contributed by atoms with E-state index in [1.54, 1.807) is 19.2 Å². The summed E-state index contributed by atoms with van der Waals surface area (Å²) in [5, 5.41) is 2.86. The first-order valence-corrected chi connectivity index (χ1v) is 10.4. The molecule has 0 saturated heterocycles. The van der Waals surface area contributed by atoms with Crippen LogP contribution in [0.5, 0.6) is 5.75 Å². The van der Waals surface area contributed by atoms with Crippen LogP contribution in [0.2, 0.25) is 0 Å². The van der Waals surface area contributed by atoms with E-state index in [9.17, 15) is 22.0 Å². The Balaban J connectivity index is 0.000000535. The van der Waals surface area contributed by atoms with Gasteiger partial charge in [-0.25, -0.2) is 8.78 Å². The maximum absolute atomic E-state index is 13.1. The van der Waals surface area contributed by atoms with Crippen molar-refractivity contribution in [1.82, 2.24) is 5.32 Å². The Kier molecular flexibility index (Phi) is 14.9. The number of ether oxygens (including phenoxy) is 1. The van der Waals surface area contributed by atoms with Gasteiger partial charge in [-0.3, -0.25) is 0 Å². The van der Waals surface area contributed by atoms with E-state index >= 15 is 0 Å². The third kappa shape index (κ3) is 13.4. The molecule has 0 amide bonds. The zero-order valence-corrected chi connectivity index (χ0v) is 18.3. The van der Waals surface area contributed by atoms with Crippen LogP contribution in [0.4, 0.5) is 22.0 Å². The average Bonchev–Trinajstić information content (AvgIpc) is 2.86. The van der Waals surface area contributed by atoms with Crippen molar-refractivity contribution in [2.45, 2.75) is 71.8 Å². The van der Waals surface area contributed by atoms with Gasteiger partial charge in [0.2, 0.25) is 0 Å². The largest absolute Gasteiger partial charge is 0.573 e. The van der Waals surface area contributed by atoms with Crippen molar-refractivity contribution in [2.75, 3.05) is 13.6 Å². The second-order valence-corrected chi connectivity index (χ2v) is 6.54. The van der Waals surface area contributed by atoms with Crippen molar-refractivity contribution >= 4 is 0 Å². The Morgan fingerprint density at radius 2 is 1.73 bits per heavy atom. The third-order valence-electron chi connectivity index (χ3n) is 4.13. The van der Waals surface area contributed by atoms with Crippen molar-refractivity contribution in [3.05, 3.63) is 53.4 Å². The number of rotatable bonds is 7. The smallest absolute Gasteiger partial charge is 0.406 e. The number of aryl methyl sites for hydroxylation is 1. The molecule has 1 aliphatic rings. The van der Waals surface area contributed by atoms with Crippen LogP contribution in [0.15, 0.2) is 47.8 Å². The molecule has 2 nitrogen and oxygen atoms in total. The SMILES string of the molecule is CC.CCCCCc1ccc(OC(F)(F)F)cc1.CNCC1=C(F)C=CC(F)CC1. The standard InChI is InChI=1S/C12H15F3O.C9H13F2N.C2H6/c1-2-3-4-5-10-6-8-11(9-7-10)16-12(13,14)15;1-12-6-7-2-3-8(10)4-5-9(7)11;1-2/h6-9H,2-5H2,1H3;4-5,8,12H,2-3,6H2,1H3;1-2H3. The minimum absolute atomic E-state index is 0.160. The van der Waals surface area contributed by atoms with Crippen molar-refractivity contribution in [3.63, 3.8) is 0 Å². The maximum Gasteiger partial charge on any atom is 0.573 e. The van der Waals surface area contributed by atoms with Crippen LogP contribution < -0.4 is 10.1 Å². The van der Waals surface area contributed by atoms with Crippen LogP contribution in [0.1, 0.15) is 58.4 Å². The second kappa shape index (κ2) is 15.9. The summed E-state index contributed by atoms with van der Waals surface area (Å²) < 4.78 is 65.2. The van der Waals surface area contributed by atoms with Crippen LogP contribution in [0.3, 0.4) is 0 Å². The molecule has 30 heavy (non-hydrogen) atoms. The van der Waals surface area contributed by atoms with E-state index < -0.39 is 12.5 Å². The van der Waals surface area contributed by atoms with Gasteiger partial charge in [0.15, 0.2) is 0 Å². The fourth-order valence-electron chi connectivity index (χ4n) is 2.66. The minimum Gasteiger partial charge on any atom is -0.406 e. The molecule has 0 aliphatic heterocycles. The quantitative estimate of drug-likeness (QED) is 0.354. The molecule has 1 unspecified atom stereocenters. The molecule has 1 aliphatic carbocycles. The van der Waals surface area contributed by atoms with Gasteiger partial charge in [-0.05, 0) is 68.2 Å². The predicted octanol–water partition coefficient (Wildman–Crippen LogP) is 7.46. The van der Waals surface area contributed by atoms with Crippen LogP contribution in [0.25, 0.3) is 0 Å². The van der Waals surface area contributed by atoms with E-state index in [4.69, 9.17) is 0 Å². The molecule has 1 aromatic carbocycles. The van der Waals surface area contributed by atoms with Gasteiger partial charge in [0.25, 0.3) is 0 Å². The van der Waals surface area contributed by atoms with Gasteiger partial charge in [0.1, 0.15) is 17.7 Å². The zero-order valence-electron chi connectivity index (χ0n) is 18.3. The highest BCUT2D eigenvalue weighted by molar-refractivity contribution is 5.27. The molecule has 0 saturated carbocycles. The molecule has 1 atom stereocenters. The Morgan fingerprint density at radius 3 is 2.27 bits per heavy atom. The summed E-state index contributed by atoms with van der Waals surface area (Å²) in [6.45, 7) is 6.61. The van der Waals surface area contributed by atoms with Gasteiger partial charge in [-0.15, -0.1) is 13.2 Å². The molecule has 172 valence electrons. The molecule has 7 heteroatoms. The van der Waals surface area contributed by atoms with Gasteiger partial charge in [-0.2, -0.15) is 0 Å². The third-order valence-corrected chi connectivity index (χ3v) is 4.13. The topological polar surface area (TPSA) is 21.3 Å². The van der Waals surface area contributed by atoms with Crippen molar-refractivity contribution in [3.8, 4) is 5.75 Å². The number of hydrogen-bond donors (Lipinski definition) is 1. The molecule has 1 aromatic rings. The summed E-state index contributed by atoms with van der Waals surface area (Å²) in [6, 6.07) is 6.07. The molecule has 0 bridgehead atoms.